The molecule has 0 aliphatic carbocycles. The molecule has 6 rings (SSSR count). The van der Waals surface area contributed by atoms with Gasteiger partial charge in [-0.15, -0.1) is 0 Å². The highest BCUT2D eigenvalue weighted by Crippen LogP contribution is 2.48. The maximum Gasteiger partial charge on any atom is 0.424 e. The molecule has 0 aliphatic heterocycles. The number of benzene rings is 5. The number of anilines is 2. The summed E-state index contributed by atoms with van der Waals surface area (Å²) < 4.78 is 42.1. The molecular weight excluding hydrogens is 840 g/mol. The minimum absolute atomic E-state index is 0.00784. The Bertz CT molecular complexity index is 2420. The second-order valence-corrected chi connectivity index (χ2v) is 17.1. The van der Waals surface area contributed by atoms with E-state index in [-0.39, 0.29) is 44.0 Å². The van der Waals surface area contributed by atoms with Gasteiger partial charge < -0.3 is 32.6 Å². The third-order valence-electron chi connectivity index (χ3n) is 10.8. The standard InChI is InChI=1S/C52H57N4O8P/c1-38(2)56(39(3)4)65(62-35-17-33-53)64-48(36-54-34-32-49(57)50(40(54)5)63-51(58)55(44-20-13-9-14-21-44)45-22-15-10-16-23-45)37-61-52(41-18-11-8-12-19-41,42-24-28-46(59-6)29-25-42)43-26-30-47(60-7)31-27-43/h8-16,18-32,34,38-39,48H,17,35-37H2,1-7H3/t48-,65?/m0/s1. The predicted molar refractivity (Wildman–Crippen MR) is 255 cm³/mol. The van der Waals surface area contributed by atoms with Crippen LogP contribution < -0.4 is 24.5 Å². The lowest BCUT2D eigenvalue weighted by Crippen LogP contribution is -2.39. The molecule has 65 heavy (non-hydrogen) atoms. The molecule has 12 nitrogen and oxygen atoms in total. The fourth-order valence-electron chi connectivity index (χ4n) is 7.67. The van der Waals surface area contributed by atoms with Crippen LogP contribution in [0.5, 0.6) is 17.2 Å². The number of aromatic nitrogens is 1. The van der Waals surface area contributed by atoms with E-state index < -0.39 is 31.8 Å². The molecule has 0 spiro atoms. The Morgan fingerprint density at radius 3 is 1.69 bits per heavy atom. The lowest BCUT2D eigenvalue weighted by atomic mass is 9.80. The molecule has 0 fully saturated rings. The number of methoxy groups -OCH3 is 2. The van der Waals surface area contributed by atoms with Crippen LogP contribution in [0.2, 0.25) is 0 Å². The molecule has 1 heterocycles. The number of nitriles is 1. The minimum Gasteiger partial charge on any atom is -0.497 e. The molecule has 0 saturated heterocycles. The first-order chi connectivity index (χ1) is 31.5. The van der Waals surface area contributed by atoms with Crippen molar-refractivity contribution in [3.05, 3.63) is 184 Å². The Kier molecular flexibility index (Phi) is 17.1. The van der Waals surface area contributed by atoms with Crippen LogP contribution >= 0.6 is 8.53 Å². The maximum absolute atomic E-state index is 14.2. The summed E-state index contributed by atoms with van der Waals surface area (Å²) in [7, 11) is 1.49. The van der Waals surface area contributed by atoms with E-state index in [1.807, 2.05) is 120 Å². The molecule has 1 unspecified atom stereocenters. The normalized spacial score (nSPS) is 12.4. The maximum atomic E-state index is 14.2. The number of carbonyl (C=O) groups is 1. The van der Waals surface area contributed by atoms with Crippen LogP contribution in [0.3, 0.4) is 0 Å². The van der Waals surface area contributed by atoms with Crippen molar-refractivity contribution < 1.29 is 32.8 Å². The van der Waals surface area contributed by atoms with Gasteiger partial charge in [0.2, 0.25) is 5.43 Å². The zero-order valence-electron chi connectivity index (χ0n) is 38.0. The van der Waals surface area contributed by atoms with Gasteiger partial charge in [-0.25, -0.2) is 14.4 Å². The summed E-state index contributed by atoms with van der Waals surface area (Å²) in [6, 6.07) is 47.4. The summed E-state index contributed by atoms with van der Waals surface area (Å²) in [6.45, 7) is 10.4. The van der Waals surface area contributed by atoms with E-state index in [1.165, 1.54) is 11.0 Å². The van der Waals surface area contributed by atoms with E-state index in [9.17, 15) is 14.9 Å². The Balaban J connectivity index is 1.45. The molecule has 338 valence electrons. The van der Waals surface area contributed by atoms with E-state index in [0.29, 0.717) is 28.6 Å². The molecule has 0 saturated carbocycles. The van der Waals surface area contributed by atoms with Crippen molar-refractivity contribution in [2.24, 2.45) is 0 Å². The van der Waals surface area contributed by atoms with Gasteiger partial charge >= 0.3 is 6.09 Å². The predicted octanol–water partition coefficient (Wildman–Crippen LogP) is 11.2. The Morgan fingerprint density at radius 1 is 0.723 bits per heavy atom. The van der Waals surface area contributed by atoms with E-state index in [1.54, 1.807) is 51.6 Å². The number of hydrogen-bond donors (Lipinski definition) is 0. The fourth-order valence-corrected chi connectivity index (χ4v) is 9.36. The van der Waals surface area contributed by atoms with Crippen LogP contribution in [-0.4, -0.2) is 61.0 Å². The zero-order valence-corrected chi connectivity index (χ0v) is 38.9. The summed E-state index contributed by atoms with van der Waals surface area (Å²) in [4.78, 5) is 29.3. The molecule has 2 atom stereocenters. The minimum atomic E-state index is -1.77. The van der Waals surface area contributed by atoms with Gasteiger partial charge in [-0.1, -0.05) is 91.0 Å². The third kappa shape index (κ3) is 11.7. The largest absolute Gasteiger partial charge is 0.497 e. The molecule has 0 N–H and O–H groups in total. The van der Waals surface area contributed by atoms with Gasteiger partial charge in [0.05, 0.1) is 63.5 Å². The van der Waals surface area contributed by atoms with Crippen molar-refractivity contribution in [3.8, 4) is 23.3 Å². The van der Waals surface area contributed by atoms with Gasteiger partial charge in [-0.05, 0) is 99.8 Å². The van der Waals surface area contributed by atoms with E-state index in [0.717, 1.165) is 16.7 Å². The monoisotopic (exact) mass is 896 g/mol. The summed E-state index contributed by atoms with van der Waals surface area (Å²) in [6.07, 6.45) is 0.353. The summed E-state index contributed by atoms with van der Waals surface area (Å²) >= 11 is 0. The van der Waals surface area contributed by atoms with Crippen molar-refractivity contribution in [3.63, 3.8) is 0 Å². The first-order valence-electron chi connectivity index (χ1n) is 21.6. The number of para-hydroxylation sites is 2. The number of rotatable bonds is 21. The summed E-state index contributed by atoms with van der Waals surface area (Å²) in [5.74, 6) is 1.26. The first-order valence-corrected chi connectivity index (χ1v) is 22.7. The molecule has 1 aromatic heterocycles. The van der Waals surface area contributed by atoms with Gasteiger partial charge in [0.25, 0.3) is 8.53 Å². The Labute approximate surface area is 383 Å². The number of ether oxygens (including phenoxy) is 4. The number of pyridine rings is 1. The quantitative estimate of drug-likeness (QED) is 0.0392. The topological polar surface area (TPSA) is 125 Å². The SMILES string of the molecule is COc1ccc(C(OC[C@H](Cn2ccc(=O)c(OC(=O)N(c3ccccc3)c3ccccc3)c2C)OP(OCCC#N)N(C(C)C)C(C)C)(c2ccccc2)c2ccc(OC)cc2)cc1. The molecule has 13 heteroatoms. The smallest absolute Gasteiger partial charge is 0.424 e. The average Bonchev–Trinajstić information content (AvgIpc) is 3.32. The summed E-state index contributed by atoms with van der Waals surface area (Å²) in [5.41, 5.74) is 2.44. The molecule has 1 amide bonds. The highest BCUT2D eigenvalue weighted by atomic mass is 31.2. The van der Waals surface area contributed by atoms with Crippen LogP contribution in [0.4, 0.5) is 16.2 Å². The van der Waals surface area contributed by atoms with Crippen molar-refractivity contribution >= 4 is 26.0 Å². The van der Waals surface area contributed by atoms with Crippen molar-refractivity contribution in [1.82, 2.24) is 9.24 Å². The second-order valence-electron chi connectivity index (χ2n) is 15.7. The highest BCUT2D eigenvalue weighted by Gasteiger charge is 2.40. The lowest BCUT2D eigenvalue weighted by molar-refractivity contribution is -0.0385. The number of carbonyl (C=O) groups excluding carboxylic acids is 1. The third-order valence-corrected chi connectivity index (χ3v) is 12.9. The molecule has 0 bridgehead atoms. The first kappa shape index (κ1) is 48.1. The number of nitrogens with zero attached hydrogens (tertiary/aromatic N) is 4. The van der Waals surface area contributed by atoms with Crippen LogP contribution in [0.15, 0.2) is 157 Å². The Hall–Kier alpha value is -6.32. The fraction of sp³-hybridized carbons (Fsp3) is 0.288. The van der Waals surface area contributed by atoms with E-state index >= 15 is 0 Å². The van der Waals surface area contributed by atoms with E-state index in [2.05, 4.69) is 38.4 Å². The van der Waals surface area contributed by atoms with Crippen molar-refractivity contribution in [1.29, 1.82) is 5.26 Å². The van der Waals surface area contributed by atoms with Crippen molar-refractivity contribution in [2.75, 3.05) is 32.3 Å². The van der Waals surface area contributed by atoms with Gasteiger partial charge in [0, 0.05) is 24.3 Å². The van der Waals surface area contributed by atoms with Crippen LogP contribution in [-0.2, 0) is 25.9 Å². The zero-order chi connectivity index (χ0) is 46.3. The number of amides is 1. The Morgan fingerprint density at radius 2 is 1.22 bits per heavy atom. The van der Waals surface area contributed by atoms with Gasteiger partial charge in [0.1, 0.15) is 23.2 Å². The van der Waals surface area contributed by atoms with Crippen LogP contribution in [0, 0.1) is 18.3 Å². The second kappa shape index (κ2) is 23.0. The van der Waals surface area contributed by atoms with Crippen molar-refractivity contribution in [2.45, 2.75) is 71.4 Å². The van der Waals surface area contributed by atoms with Gasteiger partial charge in [-0.3, -0.25) is 4.79 Å². The molecule has 6 aromatic rings. The highest BCUT2D eigenvalue weighted by molar-refractivity contribution is 7.44. The lowest BCUT2D eigenvalue weighted by Gasteiger charge is -2.40. The van der Waals surface area contributed by atoms with Crippen LogP contribution in [0.1, 0.15) is 56.5 Å². The number of hydrogen-bond acceptors (Lipinski definition) is 10. The molecule has 0 radical (unpaired) electrons. The van der Waals surface area contributed by atoms with Crippen LogP contribution in [0.25, 0.3) is 0 Å². The van der Waals surface area contributed by atoms with E-state index in [4.69, 9.17) is 28.0 Å². The molecule has 0 aliphatic rings. The molecular formula is C52H57N4O8P. The summed E-state index contributed by atoms with van der Waals surface area (Å²) in [5, 5.41) is 9.50. The molecule has 5 aromatic carbocycles. The average molecular weight is 897 g/mol. The van der Waals surface area contributed by atoms with Gasteiger partial charge in [-0.2, -0.15) is 5.26 Å². The van der Waals surface area contributed by atoms with Gasteiger partial charge in [0.15, 0.2) is 5.75 Å².